The monoisotopic (exact) mass is 380 g/mol. The molecule has 0 radical (unpaired) electrons. The Hall–Kier alpha value is -1.32. The summed E-state index contributed by atoms with van der Waals surface area (Å²) in [5.74, 6) is -2.72. The molecule has 1 aliphatic rings. The molecule has 2 atom stereocenters. The minimum atomic E-state index is -1.11. The highest BCUT2D eigenvalue weighted by Crippen LogP contribution is 2.43. The van der Waals surface area contributed by atoms with Crippen LogP contribution in [0.1, 0.15) is 110 Å². The lowest BCUT2D eigenvalue weighted by atomic mass is 9.66. The quantitative estimate of drug-likeness (QED) is 0.234. The Labute approximate surface area is 165 Å². The molecule has 4 heteroatoms. The molecule has 2 unspecified atom stereocenters. The van der Waals surface area contributed by atoms with Gasteiger partial charge in [-0.3, -0.25) is 9.59 Å². The van der Waals surface area contributed by atoms with E-state index in [9.17, 15) is 19.8 Å². The normalized spacial score (nSPS) is 22.0. The van der Waals surface area contributed by atoms with Crippen LogP contribution in [0.5, 0.6) is 0 Å². The fourth-order valence-corrected chi connectivity index (χ4v) is 4.31. The van der Waals surface area contributed by atoms with Gasteiger partial charge in [-0.05, 0) is 19.3 Å². The van der Waals surface area contributed by atoms with E-state index in [-0.39, 0.29) is 0 Å². The second-order valence-corrected chi connectivity index (χ2v) is 8.26. The van der Waals surface area contributed by atoms with Crippen LogP contribution in [0.2, 0.25) is 0 Å². The molecule has 0 aromatic heterocycles. The maximum Gasteiger partial charge on any atom is 0.310 e. The van der Waals surface area contributed by atoms with Crippen LogP contribution in [-0.2, 0) is 9.59 Å². The Morgan fingerprint density at radius 2 is 1.30 bits per heavy atom. The van der Waals surface area contributed by atoms with E-state index in [1.807, 2.05) is 12.2 Å². The third-order valence-corrected chi connectivity index (χ3v) is 6.14. The fourth-order valence-electron chi connectivity index (χ4n) is 4.31. The number of hydrogen-bond donors (Lipinski definition) is 2. The number of unbranched alkanes of at least 4 members (excludes halogenated alkanes) is 12. The number of carboxylic acids is 2. The van der Waals surface area contributed by atoms with Crippen molar-refractivity contribution in [2.75, 3.05) is 0 Å². The summed E-state index contributed by atoms with van der Waals surface area (Å²) in [6.45, 7) is 2.25. The molecule has 156 valence electrons. The maximum atomic E-state index is 11.8. The van der Waals surface area contributed by atoms with Crippen molar-refractivity contribution in [3.8, 4) is 0 Å². The lowest BCUT2D eigenvalue weighted by molar-refractivity contribution is -0.163. The number of hydrogen-bond acceptors (Lipinski definition) is 2. The van der Waals surface area contributed by atoms with Crippen LogP contribution in [0.15, 0.2) is 12.2 Å². The number of aliphatic carboxylic acids is 2. The van der Waals surface area contributed by atoms with E-state index in [2.05, 4.69) is 6.92 Å². The van der Waals surface area contributed by atoms with E-state index in [0.29, 0.717) is 19.3 Å². The van der Waals surface area contributed by atoms with Gasteiger partial charge in [0.15, 0.2) is 0 Å². The first-order valence-electron chi connectivity index (χ1n) is 11.2. The van der Waals surface area contributed by atoms with E-state index >= 15 is 0 Å². The topological polar surface area (TPSA) is 74.6 Å². The molecule has 0 aromatic rings. The molecule has 27 heavy (non-hydrogen) atoms. The highest BCUT2D eigenvalue weighted by molar-refractivity contribution is 5.84. The summed E-state index contributed by atoms with van der Waals surface area (Å²) < 4.78 is 0. The molecule has 0 saturated carbocycles. The predicted molar refractivity (Wildman–Crippen MR) is 110 cm³/mol. The Bertz CT molecular complexity index is 457. The van der Waals surface area contributed by atoms with Crippen molar-refractivity contribution < 1.29 is 19.8 Å². The SMILES string of the molecule is CCCCCCCCCCCCCCCC1(C(=O)O)CC=CCC1C(=O)O. The van der Waals surface area contributed by atoms with Gasteiger partial charge in [0, 0.05) is 0 Å². The van der Waals surface area contributed by atoms with Crippen LogP contribution in [-0.4, -0.2) is 22.2 Å². The first-order chi connectivity index (χ1) is 13.0. The van der Waals surface area contributed by atoms with E-state index in [4.69, 9.17) is 0 Å². The summed E-state index contributed by atoms with van der Waals surface area (Å²) in [5, 5.41) is 19.1. The molecule has 0 fully saturated rings. The van der Waals surface area contributed by atoms with Gasteiger partial charge < -0.3 is 10.2 Å². The van der Waals surface area contributed by atoms with Gasteiger partial charge in [0.25, 0.3) is 0 Å². The highest BCUT2D eigenvalue weighted by Gasteiger charge is 2.48. The van der Waals surface area contributed by atoms with Gasteiger partial charge in [0.05, 0.1) is 11.3 Å². The molecular weight excluding hydrogens is 340 g/mol. The molecule has 1 rings (SSSR count). The number of carboxylic acid groups (broad SMARTS) is 2. The Kier molecular flexibility index (Phi) is 12.1. The van der Waals surface area contributed by atoms with Gasteiger partial charge in [-0.1, -0.05) is 103 Å². The van der Waals surface area contributed by atoms with Crippen molar-refractivity contribution in [2.45, 2.75) is 110 Å². The Morgan fingerprint density at radius 1 is 0.815 bits per heavy atom. The van der Waals surface area contributed by atoms with Crippen molar-refractivity contribution >= 4 is 11.9 Å². The first-order valence-corrected chi connectivity index (χ1v) is 11.2. The lowest BCUT2D eigenvalue weighted by Crippen LogP contribution is -2.43. The molecule has 0 saturated heterocycles. The van der Waals surface area contributed by atoms with Crippen LogP contribution in [0.25, 0.3) is 0 Å². The average Bonchev–Trinajstić information content (AvgIpc) is 2.65. The summed E-state index contributed by atoms with van der Waals surface area (Å²) in [6, 6.07) is 0. The van der Waals surface area contributed by atoms with Crippen LogP contribution < -0.4 is 0 Å². The second-order valence-electron chi connectivity index (χ2n) is 8.26. The van der Waals surface area contributed by atoms with Crippen LogP contribution in [0.4, 0.5) is 0 Å². The highest BCUT2D eigenvalue weighted by atomic mass is 16.4. The largest absolute Gasteiger partial charge is 0.481 e. The molecule has 2 N–H and O–H groups in total. The summed E-state index contributed by atoms with van der Waals surface area (Å²) in [5.41, 5.74) is -1.11. The Balaban J connectivity index is 2.13. The molecule has 0 heterocycles. The predicted octanol–water partition coefficient (Wildman–Crippen LogP) is 6.59. The number of rotatable bonds is 16. The minimum absolute atomic E-state index is 0.333. The lowest BCUT2D eigenvalue weighted by Gasteiger charge is -2.36. The van der Waals surface area contributed by atoms with Gasteiger partial charge >= 0.3 is 11.9 Å². The molecule has 0 spiro atoms. The zero-order valence-corrected chi connectivity index (χ0v) is 17.3. The molecule has 0 aromatic carbocycles. The van der Waals surface area contributed by atoms with E-state index in [1.54, 1.807) is 0 Å². The Morgan fingerprint density at radius 3 is 1.74 bits per heavy atom. The average molecular weight is 381 g/mol. The molecule has 0 bridgehead atoms. The van der Waals surface area contributed by atoms with Gasteiger partial charge in [-0.2, -0.15) is 0 Å². The van der Waals surface area contributed by atoms with Crippen LogP contribution in [0.3, 0.4) is 0 Å². The van der Waals surface area contributed by atoms with Crippen LogP contribution in [0, 0.1) is 11.3 Å². The zero-order valence-electron chi connectivity index (χ0n) is 17.3. The van der Waals surface area contributed by atoms with E-state index in [1.165, 1.54) is 64.2 Å². The van der Waals surface area contributed by atoms with Crippen molar-refractivity contribution in [1.29, 1.82) is 0 Å². The zero-order chi connectivity index (χ0) is 20.0. The van der Waals surface area contributed by atoms with Gasteiger partial charge in [0.2, 0.25) is 0 Å². The van der Waals surface area contributed by atoms with Gasteiger partial charge in [-0.15, -0.1) is 0 Å². The van der Waals surface area contributed by atoms with E-state index < -0.39 is 23.3 Å². The summed E-state index contributed by atoms with van der Waals surface area (Å²) in [4.78, 5) is 23.4. The van der Waals surface area contributed by atoms with Crippen molar-refractivity contribution in [3.05, 3.63) is 12.2 Å². The van der Waals surface area contributed by atoms with Crippen molar-refractivity contribution in [1.82, 2.24) is 0 Å². The molecule has 4 nitrogen and oxygen atoms in total. The molecule has 0 amide bonds. The third kappa shape index (κ3) is 8.49. The first kappa shape index (κ1) is 23.7. The molecule has 1 aliphatic carbocycles. The second kappa shape index (κ2) is 13.8. The summed E-state index contributed by atoms with van der Waals surface area (Å²) >= 11 is 0. The van der Waals surface area contributed by atoms with Crippen molar-refractivity contribution in [3.63, 3.8) is 0 Å². The maximum absolute atomic E-state index is 11.8. The molecule has 0 aliphatic heterocycles. The standard InChI is InChI=1S/C23H40O4/c1-2-3-4-5-6-7-8-9-10-11-12-13-15-18-23(22(26)27)19-16-14-17-20(23)21(24)25/h14,16,20H,2-13,15,17-19H2,1H3,(H,24,25)(H,26,27). The summed E-state index contributed by atoms with van der Waals surface area (Å²) in [6.07, 6.45) is 21.0. The summed E-state index contributed by atoms with van der Waals surface area (Å²) in [7, 11) is 0. The fraction of sp³-hybridized carbons (Fsp3) is 0.826. The number of allylic oxidation sites excluding steroid dienone is 2. The third-order valence-electron chi connectivity index (χ3n) is 6.14. The number of carbonyl (C=O) groups is 2. The minimum Gasteiger partial charge on any atom is -0.481 e. The smallest absolute Gasteiger partial charge is 0.310 e. The van der Waals surface area contributed by atoms with Gasteiger partial charge in [0.1, 0.15) is 0 Å². The molecular formula is C23H40O4. The van der Waals surface area contributed by atoms with Crippen LogP contribution >= 0.6 is 0 Å². The van der Waals surface area contributed by atoms with E-state index in [0.717, 1.165) is 19.3 Å². The van der Waals surface area contributed by atoms with Crippen molar-refractivity contribution in [2.24, 2.45) is 11.3 Å². The van der Waals surface area contributed by atoms with Gasteiger partial charge in [-0.25, -0.2) is 0 Å².